The number of hydrogen-bond acceptors (Lipinski definition) is 8. The minimum atomic E-state index is -0.535. The maximum atomic E-state index is 13.6. The van der Waals surface area contributed by atoms with Crippen LogP contribution in [-0.2, 0) is 32.1 Å². The number of carbonyl (C=O) groups excluding carboxylic acids is 5. The molecular weight excluding hydrogens is 740 g/mol. The van der Waals surface area contributed by atoms with Crippen molar-refractivity contribution in [3.63, 3.8) is 0 Å². The number of esters is 1. The van der Waals surface area contributed by atoms with E-state index in [0.29, 0.717) is 53.3 Å². The fourth-order valence-corrected chi connectivity index (χ4v) is 7.80. The van der Waals surface area contributed by atoms with Crippen LogP contribution in [0.2, 0.25) is 0 Å². The predicted molar refractivity (Wildman–Crippen MR) is 200 cm³/mol. The summed E-state index contributed by atoms with van der Waals surface area (Å²) in [5.74, 6) is -1.83. The van der Waals surface area contributed by atoms with Crippen molar-refractivity contribution in [3.05, 3.63) is 116 Å². The van der Waals surface area contributed by atoms with Gasteiger partial charge in [0.25, 0.3) is 11.8 Å². The summed E-state index contributed by atoms with van der Waals surface area (Å²) in [5, 5.41) is 8.44. The normalized spacial score (nSPS) is 13.1. The lowest BCUT2D eigenvalue weighted by Gasteiger charge is -2.25. The largest absolute Gasteiger partial charge is 0.465 e. The van der Waals surface area contributed by atoms with E-state index < -0.39 is 23.0 Å². The number of halogens is 1. The number of nitrogens with zero attached hydrogens (tertiary/aromatic N) is 1. The third-order valence-corrected chi connectivity index (χ3v) is 10.9. The molecule has 1 unspecified atom stereocenters. The number of ether oxygens (including phenoxy) is 1. The molecule has 258 valence electrons. The van der Waals surface area contributed by atoms with Gasteiger partial charge in [-0.25, -0.2) is 4.79 Å². The van der Waals surface area contributed by atoms with Gasteiger partial charge in [0.05, 0.1) is 24.5 Å². The van der Waals surface area contributed by atoms with E-state index in [0.717, 1.165) is 19.8 Å². The van der Waals surface area contributed by atoms with Crippen LogP contribution in [0.4, 0.5) is 10.7 Å². The Kier molecular flexibility index (Phi) is 12.3. The lowest BCUT2D eigenvalue weighted by Crippen LogP contribution is -2.34. The molecule has 3 N–H and O–H groups in total. The van der Waals surface area contributed by atoms with Crippen molar-refractivity contribution in [1.29, 1.82) is 0 Å². The second-order valence-corrected chi connectivity index (χ2v) is 14.6. The molecule has 10 nitrogen and oxygen atoms in total. The first kappa shape index (κ1) is 36.6. The van der Waals surface area contributed by atoms with Crippen molar-refractivity contribution in [2.75, 3.05) is 24.3 Å². The summed E-state index contributed by atoms with van der Waals surface area (Å²) in [7, 11) is 1.30. The fraction of sp³-hybridized carbons (Fsp3) is 0.216. The smallest absolute Gasteiger partial charge is 0.341 e. The lowest BCUT2D eigenvalue weighted by molar-refractivity contribution is -0.129. The Morgan fingerprint density at radius 2 is 1.74 bits per heavy atom. The van der Waals surface area contributed by atoms with Gasteiger partial charge in [-0.2, -0.15) is 0 Å². The van der Waals surface area contributed by atoms with Gasteiger partial charge in [-0.15, -0.1) is 23.1 Å². The van der Waals surface area contributed by atoms with Gasteiger partial charge in [0.1, 0.15) is 10.7 Å². The van der Waals surface area contributed by atoms with Crippen molar-refractivity contribution in [2.24, 2.45) is 0 Å². The summed E-state index contributed by atoms with van der Waals surface area (Å²) < 4.78 is 5.93. The summed E-state index contributed by atoms with van der Waals surface area (Å²) in [6, 6.07) is 23.0. The number of benzene rings is 3. The zero-order chi connectivity index (χ0) is 35.8. The van der Waals surface area contributed by atoms with E-state index in [9.17, 15) is 24.0 Å². The highest BCUT2D eigenvalue weighted by atomic mass is 79.9. The molecule has 4 amide bonds. The predicted octanol–water partition coefficient (Wildman–Crippen LogP) is 7.12. The number of methoxy groups -OCH3 is 1. The van der Waals surface area contributed by atoms with Crippen molar-refractivity contribution >= 4 is 85.4 Å². The van der Waals surface area contributed by atoms with Crippen LogP contribution in [0.1, 0.15) is 57.0 Å². The molecule has 4 aromatic rings. The Bertz CT molecular complexity index is 1940. The molecule has 1 aliphatic rings. The van der Waals surface area contributed by atoms with E-state index >= 15 is 0 Å². The molecule has 13 heteroatoms. The molecule has 5 rings (SSSR count). The Labute approximate surface area is 306 Å². The number of nitrogens with one attached hydrogen (secondary N) is 3. The van der Waals surface area contributed by atoms with Crippen LogP contribution in [0.15, 0.2) is 93.9 Å². The number of rotatable bonds is 11. The average Bonchev–Trinajstić information content (AvgIpc) is 3.48. The van der Waals surface area contributed by atoms with Gasteiger partial charge >= 0.3 is 5.97 Å². The van der Waals surface area contributed by atoms with Crippen molar-refractivity contribution in [2.45, 2.75) is 43.4 Å². The topological polar surface area (TPSA) is 134 Å². The molecule has 0 fully saturated rings. The second kappa shape index (κ2) is 16.8. The molecule has 0 spiro atoms. The highest BCUT2D eigenvalue weighted by Gasteiger charge is 2.31. The van der Waals surface area contributed by atoms with Gasteiger partial charge in [0, 0.05) is 39.0 Å². The van der Waals surface area contributed by atoms with Gasteiger partial charge in [-0.1, -0.05) is 59.3 Å². The molecule has 1 aliphatic heterocycles. The zero-order valence-corrected chi connectivity index (χ0v) is 30.8. The third kappa shape index (κ3) is 9.09. The van der Waals surface area contributed by atoms with Gasteiger partial charge in [0.2, 0.25) is 11.8 Å². The molecule has 3 aromatic carbocycles. The van der Waals surface area contributed by atoms with E-state index in [4.69, 9.17) is 4.74 Å². The van der Waals surface area contributed by atoms with Crippen molar-refractivity contribution < 1.29 is 28.7 Å². The molecule has 0 saturated carbocycles. The first-order valence-electron chi connectivity index (χ1n) is 15.8. The summed E-state index contributed by atoms with van der Waals surface area (Å²) in [6.07, 6.45) is 2.57. The molecule has 50 heavy (non-hydrogen) atoms. The van der Waals surface area contributed by atoms with E-state index in [-0.39, 0.29) is 17.5 Å². The zero-order valence-electron chi connectivity index (χ0n) is 27.6. The second-order valence-electron chi connectivity index (χ2n) is 11.3. The van der Waals surface area contributed by atoms with E-state index in [1.54, 1.807) is 59.5 Å². The molecule has 1 aromatic heterocycles. The van der Waals surface area contributed by atoms with Gasteiger partial charge in [-0.05, 0) is 72.5 Å². The maximum absolute atomic E-state index is 13.6. The third-order valence-electron chi connectivity index (χ3n) is 7.87. The number of amides is 4. The highest BCUT2D eigenvalue weighted by Crippen LogP contribution is 2.38. The monoisotopic (exact) mass is 774 g/mol. The Morgan fingerprint density at radius 3 is 2.42 bits per heavy atom. The van der Waals surface area contributed by atoms with Gasteiger partial charge in [-0.3, -0.25) is 19.2 Å². The van der Waals surface area contributed by atoms with E-state index in [2.05, 4.69) is 31.9 Å². The molecule has 0 bridgehead atoms. The summed E-state index contributed by atoms with van der Waals surface area (Å²) in [6.45, 7) is 4.26. The van der Waals surface area contributed by atoms with Crippen LogP contribution in [0.5, 0.6) is 0 Å². The SMILES string of the molecule is CCC(Sc1cccc(NC(=O)/C(=C/c2ccc(Br)cc2)NC(=O)c2ccccc2)c1)C(=O)Nc1sc2c(c1C(=O)OC)CCN(C(C)=O)C2. The van der Waals surface area contributed by atoms with Crippen LogP contribution in [0.25, 0.3) is 6.08 Å². The van der Waals surface area contributed by atoms with E-state index in [1.165, 1.54) is 37.1 Å². The van der Waals surface area contributed by atoms with E-state index in [1.807, 2.05) is 37.3 Å². The summed E-state index contributed by atoms with van der Waals surface area (Å²) in [4.78, 5) is 68.3. The summed E-state index contributed by atoms with van der Waals surface area (Å²) in [5.41, 5.74) is 2.78. The quantitative estimate of drug-likeness (QED) is 0.0840. The Hall–Kier alpha value is -4.72. The minimum absolute atomic E-state index is 0.0519. The highest BCUT2D eigenvalue weighted by molar-refractivity contribution is 9.10. The number of fused-ring (bicyclic) bond motifs is 1. The summed E-state index contributed by atoms with van der Waals surface area (Å²) >= 11 is 6.02. The maximum Gasteiger partial charge on any atom is 0.341 e. The number of anilines is 2. The molecule has 1 atom stereocenters. The molecule has 0 saturated heterocycles. The Morgan fingerprint density at radius 1 is 1.00 bits per heavy atom. The van der Waals surface area contributed by atoms with Crippen molar-refractivity contribution in [3.8, 4) is 0 Å². The van der Waals surface area contributed by atoms with Crippen LogP contribution in [0.3, 0.4) is 0 Å². The van der Waals surface area contributed by atoms with Crippen LogP contribution < -0.4 is 16.0 Å². The lowest BCUT2D eigenvalue weighted by atomic mass is 10.0. The van der Waals surface area contributed by atoms with Gasteiger partial charge < -0.3 is 25.6 Å². The van der Waals surface area contributed by atoms with Crippen LogP contribution in [-0.4, -0.2) is 53.4 Å². The average molecular weight is 776 g/mol. The molecule has 2 heterocycles. The molecule has 0 radical (unpaired) electrons. The number of thiophene rings is 1. The fourth-order valence-electron chi connectivity index (χ4n) is 5.27. The number of thioether (sulfide) groups is 1. The van der Waals surface area contributed by atoms with Crippen molar-refractivity contribution in [1.82, 2.24) is 10.2 Å². The van der Waals surface area contributed by atoms with Crippen LogP contribution >= 0.6 is 39.0 Å². The Balaban J connectivity index is 1.32. The standard InChI is InChI=1S/C37H35BrN4O6S2/c1-4-30(35(46)41-36-32(37(47)48-3)28-17-18-42(22(2)43)21-31(28)50-36)49-27-12-8-11-26(20-27)39-34(45)29(19-23-13-15-25(38)16-14-23)40-33(44)24-9-6-5-7-10-24/h5-16,19-20,30H,4,17-18,21H2,1-3H3,(H,39,45)(H,40,44)(H,41,46)/b29-19-. The molecular formula is C37H35BrN4O6S2. The minimum Gasteiger partial charge on any atom is -0.465 e. The molecule has 0 aliphatic carbocycles. The number of hydrogen-bond donors (Lipinski definition) is 3. The van der Waals surface area contributed by atoms with Crippen LogP contribution in [0, 0.1) is 0 Å². The van der Waals surface area contributed by atoms with Gasteiger partial charge in [0.15, 0.2) is 0 Å². The number of carbonyl (C=O) groups is 5. The first-order valence-corrected chi connectivity index (χ1v) is 18.3. The first-order chi connectivity index (χ1) is 24.1.